The molecule has 22 heavy (non-hydrogen) atoms. The fourth-order valence-corrected chi connectivity index (χ4v) is 2.55. The summed E-state index contributed by atoms with van der Waals surface area (Å²) in [6.45, 7) is 4.10. The molecule has 0 spiro atoms. The highest BCUT2D eigenvalue weighted by atomic mass is 16.5. The Morgan fingerprint density at radius 1 is 1.27 bits per heavy atom. The van der Waals surface area contributed by atoms with Crippen LogP contribution in [0.1, 0.15) is 19.4 Å². The van der Waals surface area contributed by atoms with Gasteiger partial charge in [-0.25, -0.2) is 4.79 Å². The molecule has 0 radical (unpaired) electrons. The molecule has 0 fully saturated rings. The van der Waals surface area contributed by atoms with Crippen LogP contribution >= 0.6 is 0 Å². The molecule has 0 bridgehead atoms. The van der Waals surface area contributed by atoms with E-state index in [9.17, 15) is 9.59 Å². The van der Waals surface area contributed by atoms with Crippen LogP contribution in [-0.2, 0) is 14.3 Å². The Kier molecular flexibility index (Phi) is 4.65. The molecule has 0 atom stereocenters. The minimum Gasteiger partial charge on any atom is -0.496 e. The second kappa shape index (κ2) is 6.47. The number of amides is 1. The van der Waals surface area contributed by atoms with Crippen LogP contribution in [0.25, 0.3) is 6.08 Å². The maximum absolute atomic E-state index is 12.5. The number of allylic oxidation sites excluding steroid dienone is 1. The lowest BCUT2D eigenvalue weighted by molar-refractivity contribution is -0.136. The quantitative estimate of drug-likeness (QED) is 0.633. The van der Waals surface area contributed by atoms with E-state index < -0.39 is 5.97 Å². The van der Waals surface area contributed by atoms with E-state index in [2.05, 4.69) is 0 Å². The number of nitrogens with zero attached hydrogens (tertiary/aromatic N) is 1. The monoisotopic (exact) mass is 301 g/mol. The first-order valence-corrected chi connectivity index (χ1v) is 7.01. The number of para-hydroxylation sites is 1. The van der Waals surface area contributed by atoms with Gasteiger partial charge in [-0.2, -0.15) is 0 Å². The zero-order chi connectivity index (χ0) is 16.3. The molecule has 0 saturated heterocycles. The lowest BCUT2D eigenvalue weighted by Gasteiger charge is -2.14. The number of likely N-dealkylation sites (N-methyl/N-ethyl adjacent to an activating group) is 1. The van der Waals surface area contributed by atoms with E-state index in [-0.39, 0.29) is 5.91 Å². The molecule has 5 nitrogen and oxygen atoms in total. The lowest BCUT2D eigenvalue weighted by atomic mass is 10.0. The third kappa shape index (κ3) is 2.62. The van der Waals surface area contributed by atoms with Crippen LogP contribution in [0.2, 0.25) is 0 Å². The summed E-state index contributed by atoms with van der Waals surface area (Å²) in [4.78, 5) is 26.2. The first kappa shape index (κ1) is 15.8. The van der Waals surface area contributed by atoms with Gasteiger partial charge in [0.1, 0.15) is 5.75 Å². The van der Waals surface area contributed by atoms with Gasteiger partial charge in [-0.05, 0) is 26.0 Å². The van der Waals surface area contributed by atoms with Gasteiger partial charge in [0.25, 0.3) is 5.91 Å². The Hall–Kier alpha value is -2.56. The first-order chi connectivity index (χ1) is 10.5. The van der Waals surface area contributed by atoms with Crippen LogP contribution in [0, 0.1) is 0 Å². The summed E-state index contributed by atoms with van der Waals surface area (Å²) in [5.41, 5.74) is 1.98. The van der Waals surface area contributed by atoms with Crippen molar-refractivity contribution in [3.8, 4) is 5.75 Å². The zero-order valence-electron chi connectivity index (χ0n) is 13.2. The van der Waals surface area contributed by atoms with E-state index in [1.807, 2.05) is 25.1 Å². The standard InChI is InChI=1S/C17H19NO4/c1-5-18-11(2)15(17(20)22-4)13(16(18)19)10-12-8-6-7-9-14(12)21-3/h6-10H,5H2,1-4H3/b13-10-. The molecule has 2 rings (SSSR count). The summed E-state index contributed by atoms with van der Waals surface area (Å²) in [6.07, 6.45) is 1.67. The molecule has 0 aromatic heterocycles. The summed E-state index contributed by atoms with van der Waals surface area (Å²) in [7, 11) is 2.87. The predicted octanol–water partition coefficient (Wildman–Crippen LogP) is 2.39. The van der Waals surface area contributed by atoms with Gasteiger partial charge in [-0.15, -0.1) is 0 Å². The fourth-order valence-electron chi connectivity index (χ4n) is 2.55. The molecule has 0 aliphatic carbocycles. The van der Waals surface area contributed by atoms with Gasteiger partial charge in [0.2, 0.25) is 0 Å². The largest absolute Gasteiger partial charge is 0.496 e. The maximum Gasteiger partial charge on any atom is 0.340 e. The van der Waals surface area contributed by atoms with Gasteiger partial charge in [0.15, 0.2) is 0 Å². The van der Waals surface area contributed by atoms with Crippen molar-refractivity contribution in [1.82, 2.24) is 4.90 Å². The van der Waals surface area contributed by atoms with Crippen molar-refractivity contribution in [2.75, 3.05) is 20.8 Å². The van der Waals surface area contributed by atoms with Gasteiger partial charge in [0, 0.05) is 17.8 Å². The second-order valence-corrected chi connectivity index (χ2v) is 4.80. The van der Waals surface area contributed by atoms with Gasteiger partial charge in [-0.1, -0.05) is 18.2 Å². The Labute approximate surface area is 129 Å². The van der Waals surface area contributed by atoms with Gasteiger partial charge >= 0.3 is 5.97 Å². The van der Waals surface area contributed by atoms with Crippen LogP contribution in [0.15, 0.2) is 41.1 Å². The third-order valence-corrected chi connectivity index (χ3v) is 3.66. The molecule has 0 N–H and O–H groups in total. The Balaban J connectivity index is 2.58. The molecule has 1 aromatic rings. The summed E-state index contributed by atoms with van der Waals surface area (Å²) in [5, 5.41) is 0. The van der Waals surface area contributed by atoms with Gasteiger partial charge in [-0.3, -0.25) is 4.79 Å². The van der Waals surface area contributed by atoms with Crippen LogP contribution in [0.5, 0.6) is 5.75 Å². The van der Waals surface area contributed by atoms with Crippen molar-refractivity contribution >= 4 is 18.0 Å². The number of carbonyl (C=O) groups is 2. The minimum atomic E-state index is -0.511. The van der Waals surface area contributed by atoms with Gasteiger partial charge in [0.05, 0.1) is 25.4 Å². The smallest absolute Gasteiger partial charge is 0.340 e. The highest BCUT2D eigenvalue weighted by Gasteiger charge is 2.36. The van der Waals surface area contributed by atoms with E-state index in [1.165, 1.54) is 7.11 Å². The van der Waals surface area contributed by atoms with Crippen molar-refractivity contribution in [2.24, 2.45) is 0 Å². The number of carbonyl (C=O) groups excluding carboxylic acids is 2. The Morgan fingerprint density at radius 2 is 1.95 bits per heavy atom. The SMILES string of the molecule is CCN1C(=O)/C(=C\c2ccccc2OC)C(C(=O)OC)=C1C. The number of hydrogen-bond donors (Lipinski definition) is 0. The maximum atomic E-state index is 12.5. The molecule has 1 heterocycles. The van der Waals surface area contributed by atoms with Crippen molar-refractivity contribution < 1.29 is 19.1 Å². The van der Waals surface area contributed by atoms with E-state index in [1.54, 1.807) is 31.1 Å². The normalized spacial score (nSPS) is 16.5. The number of hydrogen-bond acceptors (Lipinski definition) is 4. The zero-order valence-corrected chi connectivity index (χ0v) is 13.2. The van der Waals surface area contributed by atoms with E-state index >= 15 is 0 Å². The highest BCUT2D eigenvalue weighted by Crippen LogP contribution is 2.32. The lowest BCUT2D eigenvalue weighted by Crippen LogP contribution is -2.24. The molecular formula is C17H19NO4. The molecule has 5 heteroatoms. The molecule has 0 saturated carbocycles. The van der Waals surface area contributed by atoms with Crippen LogP contribution in [-0.4, -0.2) is 37.5 Å². The van der Waals surface area contributed by atoms with Crippen LogP contribution < -0.4 is 4.74 Å². The predicted molar refractivity (Wildman–Crippen MR) is 83.1 cm³/mol. The average molecular weight is 301 g/mol. The molecule has 0 unspecified atom stereocenters. The molecule has 116 valence electrons. The Bertz CT molecular complexity index is 673. The number of rotatable bonds is 4. The van der Waals surface area contributed by atoms with Crippen LogP contribution in [0.3, 0.4) is 0 Å². The number of benzene rings is 1. The fraction of sp³-hybridized carbons (Fsp3) is 0.294. The van der Waals surface area contributed by atoms with Gasteiger partial charge < -0.3 is 14.4 Å². The molecule has 1 aliphatic heterocycles. The molecule has 1 aromatic carbocycles. The van der Waals surface area contributed by atoms with Crippen molar-refractivity contribution in [2.45, 2.75) is 13.8 Å². The van der Waals surface area contributed by atoms with Crippen LogP contribution in [0.4, 0.5) is 0 Å². The van der Waals surface area contributed by atoms with Crippen molar-refractivity contribution in [1.29, 1.82) is 0 Å². The van der Waals surface area contributed by atoms with Crippen molar-refractivity contribution in [3.63, 3.8) is 0 Å². The third-order valence-electron chi connectivity index (χ3n) is 3.66. The second-order valence-electron chi connectivity index (χ2n) is 4.80. The highest BCUT2D eigenvalue weighted by molar-refractivity contribution is 6.16. The summed E-state index contributed by atoms with van der Waals surface area (Å²) in [5.74, 6) is -0.0751. The summed E-state index contributed by atoms with van der Waals surface area (Å²) >= 11 is 0. The topological polar surface area (TPSA) is 55.8 Å². The molecular weight excluding hydrogens is 282 g/mol. The molecule has 1 aliphatic rings. The summed E-state index contributed by atoms with van der Waals surface area (Å²) < 4.78 is 10.1. The average Bonchev–Trinajstić information content (AvgIpc) is 2.77. The minimum absolute atomic E-state index is 0.202. The number of ether oxygens (including phenoxy) is 2. The van der Waals surface area contributed by atoms with E-state index in [0.717, 1.165) is 5.56 Å². The van der Waals surface area contributed by atoms with E-state index in [0.29, 0.717) is 29.1 Å². The number of esters is 1. The molecule has 1 amide bonds. The Morgan fingerprint density at radius 3 is 2.55 bits per heavy atom. The van der Waals surface area contributed by atoms with Crippen molar-refractivity contribution in [3.05, 3.63) is 46.7 Å². The summed E-state index contributed by atoms with van der Waals surface area (Å²) in [6, 6.07) is 7.33. The first-order valence-electron chi connectivity index (χ1n) is 7.01. The number of methoxy groups -OCH3 is 2. The van der Waals surface area contributed by atoms with E-state index in [4.69, 9.17) is 9.47 Å².